The highest BCUT2D eigenvalue weighted by Crippen LogP contribution is 2.55. The van der Waals surface area contributed by atoms with Gasteiger partial charge in [0.25, 0.3) is 0 Å². The maximum absolute atomic E-state index is 2.58. The zero-order valence-corrected chi connectivity index (χ0v) is 27.9. The third-order valence-corrected chi connectivity index (χ3v) is 10.5. The first-order valence-corrected chi connectivity index (χ1v) is 16.4. The molecular formula is C41H48BN. The third kappa shape index (κ3) is 4.78. The minimum Gasteiger partial charge on any atom is -0.310 e. The summed E-state index contributed by atoms with van der Waals surface area (Å²) in [6, 6.07) is 18.7. The molecule has 0 spiro atoms. The summed E-state index contributed by atoms with van der Waals surface area (Å²) in [7, 11) is 0.979. The van der Waals surface area contributed by atoms with Gasteiger partial charge in [-0.05, 0) is 116 Å². The fourth-order valence-corrected chi connectivity index (χ4v) is 8.20. The summed E-state index contributed by atoms with van der Waals surface area (Å²) in [4.78, 5) is 2.51. The van der Waals surface area contributed by atoms with Crippen LogP contribution in [0, 0.1) is 20.8 Å². The SMILES string of the molecule is CB/C=C1/C(C)=C\C=C/c2c(-c3cc4c(cc3C)C(C)(C)C3=C(CCCC3)C4(C)C)cc(C)cc2N1c1ccccc1C. The van der Waals surface area contributed by atoms with Gasteiger partial charge in [-0.2, -0.15) is 0 Å². The molecule has 0 saturated heterocycles. The largest absolute Gasteiger partial charge is 0.310 e. The van der Waals surface area contributed by atoms with E-state index < -0.39 is 0 Å². The monoisotopic (exact) mass is 565 g/mol. The van der Waals surface area contributed by atoms with Crippen LogP contribution in [-0.2, 0) is 10.8 Å². The number of benzene rings is 3. The lowest BCUT2D eigenvalue weighted by atomic mass is 9.56. The number of aryl methyl sites for hydroxylation is 3. The molecule has 0 bridgehead atoms. The first-order chi connectivity index (χ1) is 20.5. The van der Waals surface area contributed by atoms with E-state index in [4.69, 9.17) is 0 Å². The Morgan fingerprint density at radius 1 is 0.744 bits per heavy atom. The highest BCUT2D eigenvalue weighted by molar-refractivity contribution is 6.40. The van der Waals surface area contributed by atoms with Gasteiger partial charge in [0.15, 0.2) is 0 Å². The normalized spacial score (nSPS) is 21.7. The first-order valence-electron chi connectivity index (χ1n) is 16.4. The summed E-state index contributed by atoms with van der Waals surface area (Å²) in [5.74, 6) is 2.38. The van der Waals surface area contributed by atoms with Crippen LogP contribution < -0.4 is 4.90 Å². The van der Waals surface area contributed by atoms with Gasteiger partial charge in [-0.25, -0.2) is 0 Å². The molecule has 220 valence electrons. The molecule has 3 aromatic carbocycles. The lowest BCUT2D eigenvalue weighted by Gasteiger charge is -2.48. The van der Waals surface area contributed by atoms with E-state index in [-0.39, 0.29) is 10.8 Å². The number of hydrogen-bond donors (Lipinski definition) is 0. The number of allylic oxidation sites excluding steroid dienone is 5. The molecule has 43 heavy (non-hydrogen) atoms. The summed E-state index contributed by atoms with van der Waals surface area (Å²) < 4.78 is 0. The standard InChI is InChI=1S/C41H48BN/c1-26-21-32(31-24-36-35(23-29(31)4)40(5,6)33-18-11-12-19-34(33)41(36,7)8)30-17-14-16-28(3)39(25-42-9)43(38(30)22-26)37-20-13-10-15-27(37)2/h10,13-17,20-25,42H,11-12,18-19H2,1-9H3/b17-14-,28-16-,39-25-. The molecule has 2 aliphatic carbocycles. The predicted octanol–water partition coefficient (Wildman–Crippen LogP) is 11.2. The smallest absolute Gasteiger partial charge is 0.147 e. The lowest BCUT2D eigenvalue weighted by molar-refractivity contribution is 0.437. The van der Waals surface area contributed by atoms with Gasteiger partial charge in [-0.3, -0.25) is 0 Å². The van der Waals surface area contributed by atoms with Gasteiger partial charge in [-0.1, -0.05) is 100 Å². The third-order valence-electron chi connectivity index (χ3n) is 10.5. The average Bonchev–Trinajstić information content (AvgIpc) is 2.97. The van der Waals surface area contributed by atoms with Gasteiger partial charge in [0.1, 0.15) is 7.28 Å². The van der Waals surface area contributed by atoms with E-state index in [2.05, 4.69) is 140 Å². The summed E-state index contributed by atoms with van der Waals surface area (Å²) in [6.45, 7) is 21.2. The predicted molar refractivity (Wildman–Crippen MR) is 190 cm³/mol. The van der Waals surface area contributed by atoms with Gasteiger partial charge in [0.2, 0.25) is 0 Å². The van der Waals surface area contributed by atoms with Crippen LogP contribution in [0.1, 0.15) is 93.7 Å². The molecule has 0 atom stereocenters. The highest BCUT2D eigenvalue weighted by Gasteiger charge is 2.44. The molecule has 0 unspecified atom stereocenters. The van der Waals surface area contributed by atoms with Crippen LogP contribution >= 0.6 is 0 Å². The summed E-state index contributed by atoms with van der Waals surface area (Å²) in [5.41, 5.74) is 19.5. The fraction of sp³-hybridized carbons (Fsp3) is 0.366. The molecule has 6 rings (SSSR count). The molecule has 0 aromatic heterocycles. The zero-order chi connectivity index (χ0) is 30.7. The Morgan fingerprint density at radius 2 is 1.40 bits per heavy atom. The number of para-hydroxylation sites is 1. The fourth-order valence-electron chi connectivity index (χ4n) is 8.20. The molecule has 1 nitrogen and oxygen atoms in total. The van der Waals surface area contributed by atoms with Crippen molar-refractivity contribution in [1.82, 2.24) is 0 Å². The van der Waals surface area contributed by atoms with Crippen molar-refractivity contribution < 1.29 is 0 Å². The zero-order valence-electron chi connectivity index (χ0n) is 27.9. The molecule has 0 saturated carbocycles. The van der Waals surface area contributed by atoms with E-state index in [0.29, 0.717) is 0 Å². The van der Waals surface area contributed by atoms with Crippen molar-refractivity contribution >= 4 is 24.7 Å². The van der Waals surface area contributed by atoms with Gasteiger partial charge in [0.05, 0.1) is 5.69 Å². The maximum Gasteiger partial charge on any atom is 0.147 e. The van der Waals surface area contributed by atoms with Crippen LogP contribution in [0.4, 0.5) is 11.4 Å². The molecule has 1 aliphatic heterocycles. The second-order valence-electron chi connectivity index (χ2n) is 14.2. The minimum atomic E-state index is 0.0429. The first kappa shape index (κ1) is 29.6. The quantitative estimate of drug-likeness (QED) is 0.226. The molecule has 0 amide bonds. The molecule has 0 radical (unpaired) electrons. The minimum absolute atomic E-state index is 0.0429. The number of nitrogens with zero attached hydrogens (tertiary/aromatic N) is 1. The van der Waals surface area contributed by atoms with Crippen LogP contribution in [0.15, 0.2) is 89.1 Å². The number of fused-ring (bicyclic) bond motifs is 2. The highest BCUT2D eigenvalue weighted by atomic mass is 15.2. The van der Waals surface area contributed by atoms with Crippen molar-refractivity contribution in [1.29, 1.82) is 0 Å². The Bertz CT molecular complexity index is 1740. The van der Waals surface area contributed by atoms with E-state index in [1.54, 1.807) is 11.1 Å². The van der Waals surface area contributed by atoms with Crippen LogP contribution in [-0.4, -0.2) is 7.28 Å². The number of anilines is 2. The Labute approximate surface area is 261 Å². The molecular weight excluding hydrogens is 517 g/mol. The van der Waals surface area contributed by atoms with Crippen molar-refractivity contribution in [2.24, 2.45) is 0 Å². The summed E-state index contributed by atoms with van der Waals surface area (Å²) >= 11 is 0. The van der Waals surface area contributed by atoms with E-state index in [0.717, 1.165) is 7.28 Å². The van der Waals surface area contributed by atoms with E-state index in [1.165, 1.54) is 92.8 Å². The van der Waals surface area contributed by atoms with Crippen LogP contribution in [0.3, 0.4) is 0 Å². The van der Waals surface area contributed by atoms with Crippen LogP contribution in [0.2, 0.25) is 6.82 Å². The van der Waals surface area contributed by atoms with Gasteiger partial charge in [0, 0.05) is 27.8 Å². The van der Waals surface area contributed by atoms with Crippen LogP contribution in [0.25, 0.3) is 17.2 Å². The number of hydrogen-bond acceptors (Lipinski definition) is 1. The Hall–Kier alpha value is -3.52. The lowest BCUT2D eigenvalue weighted by Crippen LogP contribution is -2.38. The molecule has 1 heterocycles. The van der Waals surface area contributed by atoms with E-state index >= 15 is 0 Å². The van der Waals surface area contributed by atoms with Crippen molar-refractivity contribution in [3.8, 4) is 11.1 Å². The van der Waals surface area contributed by atoms with Crippen molar-refractivity contribution in [3.63, 3.8) is 0 Å². The topological polar surface area (TPSA) is 3.24 Å². The molecule has 0 fully saturated rings. The Kier molecular flexibility index (Phi) is 7.48. The summed E-state index contributed by atoms with van der Waals surface area (Å²) in [5, 5.41) is 0. The second-order valence-corrected chi connectivity index (χ2v) is 14.2. The Balaban J connectivity index is 1.64. The van der Waals surface area contributed by atoms with Crippen LogP contribution in [0.5, 0.6) is 0 Å². The molecule has 2 heteroatoms. The van der Waals surface area contributed by atoms with Gasteiger partial charge >= 0.3 is 0 Å². The average molecular weight is 566 g/mol. The Morgan fingerprint density at radius 3 is 2.05 bits per heavy atom. The van der Waals surface area contributed by atoms with Gasteiger partial charge in [-0.15, -0.1) is 0 Å². The number of rotatable bonds is 3. The van der Waals surface area contributed by atoms with Crippen molar-refractivity contribution in [3.05, 3.63) is 122 Å². The molecule has 0 N–H and O–H groups in total. The van der Waals surface area contributed by atoms with Gasteiger partial charge < -0.3 is 4.90 Å². The van der Waals surface area contributed by atoms with Crippen molar-refractivity contribution in [2.75, 3.05) is 4.90 Å². The summed E-state index contributed by atoms with van der Waals surface area (Å²) in [6.07, 6.45) is 12.0. The van der Waals surface area contributed by atoms with Crippen molar-refractivity contribution in [2.45, 2.75) is 98.7 Å². The van der Waals surface area contributed by atoms with E-state index in [9.17, 15) is 0 Å². The molecule has 3 aliphatic rings. The molecule has 3 aromatic rings. The van der Waals surface area contributed by atoms with E-state index in [1.807, 2.05) is 0 Å². The maximum atomic E-state index is 2.58. The second kappa shape index (κ2) is 10.9.